The Morgan fingerprint density at radius 1 is 1.09 bits per heavy atom. The van der Waals surface area contributed by atoms with Gasteiger partial charge in [-0.15, -0.1) is 0 Å². The average Bonchev–Trinajstić information content (AvgIpc) is 2.61. The van der Waals surface area contributed by atoms with Gasteiger partial charge in [-0.3, -0.25) is 4.79 Å². The molecule has 1 unspecified atom stereocenters. The second-order valence-corrected chi connectivity index (χ2v) is 6.07. The van der Waals surface area contributed by atoms with Crippen LogP contribution in [0.1, 0.15) is 30.4 Å². The van der Waals surface area contributed by atoms with Crippen molar-refractivity contribution in [2.75, 3.05) is 19.7 Å². The monoisotopic (exact) mass is 309 g/mol. The zero-order valence-electron chi connectivity index (χ0n) is 13.5. The minimum Gasteiger partial charge on any atom is -0.375 e. The minimum atomic E-state index is 0.0815. The Morgan fingerprint density at radius 3 is 2.17 bits per heavy atom. The fourth-order valence-corrected chi connectivity index (χ4v) is 3.25. The fraction of sp³-hybridized carbons (Fsp3) is 0.350. The summed E-state index contributed by atoms with van der Waals surface area (Å²) in [4.78, 5) is 13.5. The smallest absolute Gasteiger partial charge is 0.219 e. The number of ether oxygens (including phenoxy) is 1. The Bertz CT molecular complexity index is 587. The minimum absolute atomic E-state index is 0.0815. The van der Waals surface area contributed by atoms with Gasteiger partial charge in [0.15, 0.2) is 0 Å². The lowest BCUT2D eigenvalue weighted by atomic mass is 9.86. The van der Waals surface area contributed by atoms with Gasteiger partial charge in [0.1, 0.15) is 0 Å². The van der Waals surface area contributed by atoms with Gasteiger partial charge in [-0.25, -0.2) is 0 Å². The first-order valence-corrected chi connectivity index (χ1v) is 8.21. The van der Waals surface area contributed by atoms with Gasteiger partial charge in [0, 0.05) is 25.9 Å². The summed E-state index contributed by atoms with van der Waals surface area (Å²) in [6.45, 7) is 3.65. The lowest BCUT2D eigenvalue weighted by Crippen LogP contribution is -2.45. The molecule has 3 rings (SSSR count). The molecule has 0 spiro atoms. The molecule has 1 atom stereocenters. The molecule has 0 N–H and O–H groups in total. The molecule has 0 bridgehead atoms. The quantitative estimate of drug-likeness (QED) is 0.865. The lowest BCUT2D eigenvalue weighted by molar-refractivity contribution is -0.136. The topological polar surface area (TPSA) is 29.5 Å². The van der Waals surface area contributed by atoms with Crippen LogP contribution in [0.5, 0.6) is 0 Å². The van der Waals surface area contributed by atoms with Gasteiger partial charge >= 0.3 is 0 Å². The van der Waals surface area contributed by atoms with Crippen LogP contribution in [-0.2, 0) is 9.53 Å². The zero-order chi connectivity index (χ0) is 16.1. The van der Waals surface area contributed by atoms with Crippen LogP contribution in [0.25, 0.3) is 0 Å². The molecule has 120 valence electrons. The molecule has 0 radical (unpaired) electrons. The van der Waals surface area contributed by atoms with E-state index in [0.717, 1.165) is 6.42 Å². The summed E-state index contributed by atoms with van der Waals surface area (Å²) in [5.41, 5.74) is 2.59. The van der Waals surface area contributed by atoms with E-state index in [1.165, 1.54) is 11.1 Å². The molecule has 1 aliphatic rings. The molecule has 0 aliphatic carbocycles. The summed E-state index contributed by atoms with van der Waals surface area (Å²) < 4.78 is 5.94. The number of hydrogen-bond acceptors (Lipinski definition) is 2. The number of nitrogens with zero attached hydrogens (tertiary/aromatic N) is 1. The van der Waals surface area contributed by atoms with E-state index in [9.17, 15) is 4.79 Å². The van der Waals surface area contributed by atoms with E-state index >= 15 is 0 Å². The molecule has 1 fully saturated rings. The number of carbonyl (C=O) groups is 1. The van der Waals surface area contributed by atoms with Crippen LogP contribution in [0.3, 0.4) is 0 Å². The molecule has 0 saturated carbocycles. The van der Waals surface area contributed by atoms with E-state index in [1.807, 2.05) is 17.0 Å². The molecule has 23 heavy (non-hydrogen) atoms. The number of rotatable bonds is 4. The van der Waals surface area contributed by atoms with Crippen molar-refractivity contribution in [3.05, 3.63) is 71.8 Å². The molecular formula is C20H23NO2. The van der Waals surface area contributed by atoms with Crippen molar-refractivity contribution in [3.8, 4) is 0 Å². The molecule has 1 aliphatic heterocycles. The maximum Gasteiger partial charge on any atom is 0.219 e. The highest BCUT2D eigenvalue weighted by Gasteiger charge is 2.26. The zero-order valence-corrected chi connectivity index (χ0v) is 13.5. The summed E-state index contributed by atoms with van der Waals surface area (Å²) in [6.07, 6.45) is 0.968. The molecule has 1 amide bonds. The summed E-state index contributed by atoms with van der Waals surface area (Å²) >= 11 is 0. The van der Waals surface area contributed by atoms with Crippen molar-refractivity contribution in [2.45, 2.75) is 25.4 Å². The van der Waals surface area contributed by atoms with Gasteiger partial charge in [-0.2, -0.15) is 0 Å². The normalized spacial score (nSPS) is 18.2. The number of benzene rings is 2. The Morgan fingerprint density at radius 2 is 1.65 bits per heavy atom. The van der Waals surface area contributed by atoms with Crippen molar-refractivity contribution in [1.82, 2.24) is 4.90 Å². The number of morpholine rings is 1. The van der Waals surface area contributed by atoms with E-state index in [-0.39, 0.29) is 17.9 Å². The lowest BCUT2D eigenvalue weighted by Gasteiger charge is -2.34. The summed E-state index contributed by atoms with van der Waals surface area (Å²) in [7, 11) is 0. The third-order valence-corrected chi connectivity index (χ3v) is 4.49. The van der Waals surface area contributed by atoms with Gasteiger partial charge in [-0.05, 0) is 17.5 Å². The SMILES string of the molecule is CC(=O)N1CCOC(CC(c2ccccc2)c2ccccc2)C1. The highest BCUT2D eigenvalue weighted by molar-refractivity contribution is 5.73. The van der Waals surface area contributed by atoms with Crippen molar-refractivity contribution in [3.63, 3.8) is 0 Å². The molecule has 3 nitrogen and oxygen atoms in total. The largest absolute Gasteiger partial charge is 0.375 e. The van der Waals surface area contributed by atoms with Crippen LogP contribution in [0, 0.1) is 0 Å². The second-order valence-electron chi connectivity index (χ2n) is 6.07. The van der Waals surface area contributed by atoms with Gasteiger partial charge in [0.05, 0.1) is 12.7 Å². The summed E-state index contributed by atoms with van der Waals surface area (Å²) in [5.74, 6) is 0.420. The van der Waals surface area contributed by atoms with Crippen LogP contribution >= 0.6 is 0 Å². The molecule has 2 aromatic rings. The maximum atomic E-state index is 11.6. The van der Waals surface area contributed by atoms with E-state index in [2.05, 4.69) is 48.5 Å². The maximum absolute atomic E-state index is 11.6. The molecule has 3 heteroatoms. The van der Waals surface area contributed by atoms with Gasteiger partial charge in [0.2, 0.25) is 5.91 Å². The average molecular weight is 309 g/mol. The molecule has 1 saturated heterocycles. The van der Waals surface area contributed by atoms with Crippen LogP contribution in [0.4, 0.5) is 0 Å². The predicted octanol–water partition coefficient (Wildman–Crippen LogP) is 3.46. The van der Waals surface area contributed by atoms with Gasteiger partial charge in [0.25, 0.3) is 0 Å². The van der Waals surface area contributed by atoms with E-state index < -0.39 is 0 Å². The first-order chi connectivity index (χ1) is 11.2. The molecule has 1 heterocycles. The van der Waals surface area contributed by atoms with E-state index in [4.69, 9.17) is 4.74 Å². The molecule has 2 aromatic carbocycles. The van der Waals surface area contributed by atoms with Crippen LogP contribution < -0.4 is 0 Å². The highest BCUT2D eigenvalue weighted by atomic mass is 16.5. The third-order valence-electron chi connectivity index (χ3n) is 4.49. The number of amides is 1. The highest BCUT2D eigenvalue weighted by Crippen LogP contribution is 2.30. The fourth-order valence-electron chi connectivity index (χ4n) is 3.25. The summed E-state index contributed by atoms with van der Waals surface area (Å²) in [5, 5.41) is 0. The Hall–Kier alpha value is -2.13. The Labute approximate surface area is 137 Å². The van der Waals surface area contributed by atoms with Crippen molar-refractivity contribution < 1.29 is 9.53 Å². The second kappa shape index (κ2) is 7.42. The number of hydrogen-bond donors (Lipinski definition) is 0. The molecule has 0 aromatic heterocycles. The van der Waals surface area contributed by atoms with E-state index in [0.29, 0.717) is 19.7 Å². The Balaban J connectivity index is 1.81. The van der Waals surface area contributed by atoms with Crippen molar-refractivity contribution in [1.29, 1.82) is 0 Å². The first kappa shape index (κ1) is 15.8. The first-order valence-electron chi connectivity index (χ1n) is 8.21. The molecular weight excluding hydrogens is 286 g/mol. The van der Waals surface area contributed by atoms with E-state index in [1.54, 1.807) is 6.92 Å². The van der Waals surface area contributed by atoms with Crippen LogP contribution in [-0.4, -0.2) is 36.6 Å². The van der Waals surface area contributed by atoms with Gasteiger partial charge < -0.3 is 9.64 Å². The van der Waals surface area contributed by atoms with Crippen molar-refractivity contribution >= 4 is 5.91 Å². The third kappa shape index (κ3) is 3.99. The van der Waals surface area contributed by atoms with Gasteiger partial charge in [-0.1, -0.05) is 60.7 Å². The van der Waals surface area contributed by atoms with Crippen LogP contribution in [0.15, 0.2) is 60.7 Å². The van der Waals surface area contributed by atoms with Crippen molar-refractivity contribution in [2.24, 2.45) is 0 Å². The Kier molecular flexibility index (Phi) is 5.09. The van der Waals surface area contributed by atoms with Crippen LogP contribution in [0.2, 0.25) is 0 Å². The standard InChI is InChI=1S/C20H23NO2/c1-16(22)21-12-13-23-19(15-21)14-20(17-8-4-2-5-9-17)18-10-6-3-7-11-18/h2-11,19-20H,12-15H2,1H3. The summed E-state index contributed by atoms with van der Waals surface area (Å²) in [6, 6.07) is 21.1. The number of carbonyl (C=O) groups excluding carboxylic acids is 1. The predicted molar refractivity (Wildman–Crippen MR) is 91.3 cm³/mol.